The number of rotatable bonds is 6. The van der Waals surface area contributed by atoms with Crippen LogP contribution in [-0.4, -0.2) is 44.0 Å². The summed E-state index contributed by atoms with van der Waals surface area (Å²) >= 11 is 1.52. The van der Waals surface area contributed by atoms with E-state index in [1.807, 2.05) is 38.4 Å². The smallest absolute Gasteiger partial charge is 0.261 e. The van der Waals surface area contributed by atoms with Gasteiger partial charge in [-0.25, -0.2) is 4.39 Å². The number of benzene rings is 2. The Bertz CT molecular complexity index is 1020. The van der Waals surface area contributed by atoms with Crippen molar-refractivity contribution >= 4 is 22.9 Å². The van der Waals surface area contributed by atoms with Crippen LogP contribution in [-0.2, 0) is 6.54 Å². The predicted molar refractivity (Wildman–Crippen MR) is 126 cm³/mol. The molecule has 0 atom stereocenters. The largest absolute Gasteiger partial charge is 0.378 e. The van der Waals surface area contributed by atoms with Gasteiger partial charge in [0.2, 0.25) is 0 Å². The molecule has 4 nitrogen and oxygen atoms in total. The van der Waals surface area contributed by atoms with Gasteiger partial charge in [-0.3, -0.25) is 9.69 Å². The summed E-state index contributed by atoms with van der Waals surface area (Å²) in [7, 11) is 4.04. The highest BCUT2D eigenvalue weighted by molar-refractivity contribution is 7.17. The second-order valence-corrected chi connectivity index (χ2v) is 9.30. The lowest BCUT2D eigenvalue weighted by Gasteiger charge is -2.32. The van der Waals surface area contributed by atoms with Gasteiger partial charge in [0.05, 0.1) is 4.88 Å². The van der Waals surface area contributed by atoms with Gasteiger partial charge in [-0.15, -0.1) is 11.3 Å². The van der Waals surface area contributed by atoms with E-state index >= 15 is 0 Å². The predicted octanol–water partition coefficient (Wildman–Crippen LogP) is 5.01. The Morgan fingerprint density at radius 3 is 2.45 bits per heavy atom. The molecule has 0 spiro atoms. The van der Waals surface area contributed by atoms with Gasteiger partial charge in [-0.1, -0.05) is 30.3 Å². The normalized spacial score (nSPS) is 15.1. The Morgan fingerprint density at radius 1 is 1.06 bits per heavy atom. The van der Waals surface area contributed by atoms with Crippen LogP contribution in [0.3, 0.4) is 0 Å². The number of thiophene rings is 1. The van der Waals surface area contributed by atoms with Gasteiger partial charge < -0.3 is 10.2 Å². The molecular formula is C25H28FN3OS. The number of carbonyl (C=O) groups excluding carboxylic acids is 1. The van der Waals surface area contributed by atoms with Crippen molar-refractivity contribution in [1.29, 1.82) is 0 Å². The second kappa shape index (κ2) is 9.62. The molecule has 2 heterocycles. The standard InChI is InChI=1S/C25H28FN3OS/c1-28(2)21-9-7-18(8-10-21)23-11-12-24(31-23)25(30)27-20-13-15-29(16-14-20)17-19-5-3-4-6-22(19)26/h3-12,20H,13-17H2,1-2H3,(H,27,30). The summed E-state index contributed by atoms with van der Waals surface area (Å²) in [6.45, 7) is 2.33. The summed E-state index contributed by atoms with van der Waals surface area (Å²) in [5.41, 5.74) is 3.01. The molecule has 0 bridgehead atoms. The maximum atomic E-state index is 13.9. The van der Waals surface area contributed by atoms with Crippen LogP contribution in [0.15, 0.2) is 60.7 Å². The summed E-state index contributed by atoms with van der Waals surface area (Å²) in [4.78, 5) is 18.9. The van der Waals surface area contributed by atoms with E-state index < -0.39 is 0 Å². The first-order valence-corrected chi connectivity index (χ1v) is 11.5. The van der Waals surface area contributed by atoms with Gasteiger partial charge >= 0.3 is 0 Å². The quantitative estimate of drug-likeness (QED) is 0.589. The number of nitrogens with zero attached hydrogens (tertiary/aromatic N) is 2. The van der Waals surface area contributed by atoms with Gasteiger partial charge in [0.1, 0.15) is 5.82 Å². The summed E-state index contributed by atoms with van der Waals surface area (Å²) in [5.74, 6) is -0.156. The average molecular weight is 438 g/mol. The van der Waals surface area contributed by atoms with Gasteiger partial charge in [0, 0.05) is 55.9 Å². The maximum absolute atomic E-state index is 13.9. The maximum Gasteiger partial charge on any atom is 0.261 e. The molecule has 1 N–H and O–H groups in total. The molecule has 1 aliphatic heterocycles. The van der Waals surface area contributed by atoms with E-state index in [2.05, 4.69) is 39.4 Å². The van der Waals surface area contributed by atoms with Crippen LogP contribution in [0.5, 0.6) is 0 Å². The fourth-order valence-corrected chi connectivity index (χ4v) is 4.81. The number of likely N-dealkylation sites (tertiary alicyclic amines) is 1. The van der Waals surface area contributed by atoms with E-state index in [1.54, 1.807) is 6.07 Å². The summed E-state index contributed by atoms with van der Waals surface area (Å²) in [6.07, 6.45) is 1.76. The molecular weight excluding hydrogens is 409 g/mol. The van der Waals surface area contributed by atoms with E-state index in [4.69, 9.17) is 0 Å². The summed E-state index contributed by atoms with van der Waals surface area (Å²) < 4.78 is 13.9. The van der Waals surface area contributed by atoms with Crippen molar-refractivity contribution in [2.24, 2.45) is 0 Å². The molecule has 1 fully saturated rings. The van der Waals surface area contributed by atoms with Gasteiger partial charge in [0.25, 0.3) is 5.91 Å². The van der Waals surface area contributed by atoms with Crippen LogP contribution in [0.1, 0.15) is 28.1 Å². The summed E-state index contributed by atoms with van der Waals surface area (Å²) in [6, 6.07) is 19.4. The van der Waals surface area contributed by atoms with Crippen LogP contribution in [0.25, 0.3) is 10.4 Å². The lowest BCUT2D eigenvalue weighted by Crippen LogP contribution is -2.44. The molecule has 1 aromatic heterocycles. The first-order valence-electron chi connectivity index (χ1n) is 10.6. The van der Waals surface area contributed by atoms with Crippen molar-refractivity contribution in [1.82, 2.24) is 10.2 Å². The van der Waals surface area contributed by atoms with Crippen LogP contribution in [0.2, 0.25) is 0 Å². The second-order valence-electron chi connectivity index (χ2n) is 8.22. The van der Waals surface area contributed by atoms with Gasteiger partial charge in [-0.05, 0) is 48.7 Å². The molecule has 1 amide bonds. The zero-order valence-corrected chi connectivity index (χ0v) is 18.8. The van der Waals surface area contributed by atoms with E-state index in [-0.39, 0.29) is 17.8 Å². The molecule has 0 saturated carbocycles. The molecule has 0 aliphatic carbocycles. The zero-order chi connectivity index (χ0) is 21.8. The van der Waals surface area contributed by atoms with Crippen molar-refractivity contribution < 1.29 is 9.18 Å². The van der Waals surface area contributed by atoms with Gasteiger partial charge in [0.15, 0.2) is 0 Å². The van der Waals surface area contributed by atoms with Crippen molar-refractivity contribution in [3.05, 3.63) is 76.9 Å². The summed E-state index contributed by atoms with van der Waals surface area (Å²) in [5, 5.41) is 3.18. The van der Waals surface area contributed by atoms with E-state index in [1.165, 1.54) is 17.4 Å². The number of hydrogen-bond acceptors (Lipinski definition) is 4. The number of nitrogens with one attached hydrogen (secondary N) is 1. The van der Waals surface area contributed by atoms with E-state index in [0.29, 0.717) is 6.54 Å². The molecule has 6 heteroatoms. The van der Waals surface area contributed by atoms with Crippen molar-refractivity contribution in [3.8, 4) is 10.4 Å². The molecule has 3 aromatic rings. The number of amides is 1. The number of hydrogen-bond donors (Lipinski definition) is 1. The Morgan fingerprint density at radius 2 is 1.77 bits per heavy atom. The van der Waals surface area contributed by atoms with Crippen LogP contribution in [0.4, 0.5) is 10.1 Å². The molecule has 0 radical (unpaired) electrons. The number of halogens is 1. The Balaban J connectivity index is 1.30. The monoisotopic (exact) mass is 437 g/mol. The molecule has 2 aromatic carbocycles. The molecule has 0 unspecified atom stereocenters. The van der Waals surface area contributed by atoms with Crippen molar-refractivity contribution in [2.75, 3.05) is 32.1 Å². The zero-order valence-electron chi connectivity index (χ0n) is 18.0. The van der Waals surface area contributed by atoms with Gasteiger partial charge in [-0.2, -0.15) is 0 Å². The number of carbonyl (C=O) groups is 1. The lowest BCUT2D eigenvalue weighted by atomic mass is 10.0. The number of piperidine rings is 1. The Kier molecular flexibility index (Phi) is 6.68. The molecule has 162 valence electrons. The van der Waals surface area contributed by atoms with Crippen molar-refractivity contribution in [2.45, 2.75) is 25.4 Å². The molecule has 1 aliphatic rings. The SMILES string of the molecule is CN(C)c1ccc(-c2ccc(C(=O)NC3CCN(Cc4ccccc4F)CC3)s2)cc1. The molecule has 1 saturated heterocycles. The Labute approximate surface area is 187 Å². The first kappa shape index (κ1) is 21.5. The average Bonchev–Trinajstić information content (AvgIpc) is 3.27. The minimum Gasteiger partial charge on any atom is -0.378 e. The minimum absolute atomic E-state index is 0.00582. The van der Waals surface area contributed by atoms with E-state index in [9.17, 15) is 9.18 Å². The third-order valence-electron chi connectivity index (χ3n) is 5.77. The molecule has 31 heavy (non-hydrogen) atoms. The van der Waals surface area contributed by atoms with E-state index in [0.717, 1.165) is 52.5 Å². The Hall–Kier alpha value is -2.70. The lowest BCUT2D eigenvalue weighted by molar-refractivity contribution is 0.0913. The molecule has 4 rings (SSSR count). The fourth-order valence-electron chi connectivity index (χ4n) is 3.90. The van der Waals surface area contributed by atoms with Crippen LogP contribution < -0.4 is 10.2 Å². The first-order chi connectivity index (χ1) is 15.0. The van der Waals surface area contributed by atoms with Crippen molar-refractivity contribution in [3.63, 3.8) is 0 Å². The minimum atomic E-state index is -0.150. The third-order valence-corrected chi connectivity index (χ3v) is 6.91. The van der Waals surface area contributed by atoms with Crippen LogP contribution in [0, 0.1) is 5.82 Å². The van der Waals surface area contributed by atoms with Crippen LogP contribution >= 0.6 is 11.3 Å². The third kappa shape index (κ3) is 5.32. The highest BCUT2D eigenvalue weighted by Crippen LogP contribution is 2.29. The topological polar surface area (TPSA) is 35.6 Å². The highest BCUT2D eigenvalue weighted by atomic mass is 32.1. The number of anilines is 1. The fraction of sp³-hybridized carbons (Fsp3) is 0.320. The highest BCUT2D eigenvalue weighted by Gasteiger charge is 2.22.